The van der Waals surface area contributed by atoms with Crippen LogP contribution < -0.4 is 15.7 Å². The van der Waals surface area contributed by atoms with Crippen LogP contribution in [0.15, 0.2) is 60.7 Å². The zero-order valence-corrected chi connectivity index (χ0v) is 15.6. The Morgan fingerprint density at radius 3 is 2.36 bits per heavy atom. The molecule has 7 heteroatoms. The standard InChI is InChI=1S/C21H19ClN2O4/c22-13-6-5-7-14(12-13)23-20(26)17-10-3-4-11-18(17)24-19(25)15-8-1-2-9-16(15)21(27)28/h1-7,10-12,15-16H,8-9H2,(H,23,26)(H,24,25)(H,27,28)/p-1/t15-,16-/m1/s1. The fourth-order valence-corrected chi connectivity index (χ4v) is 3.33. The largest absolute Gasteiger partial charge is 0.550 e. The van der Waals surface area contributed by atoms with Crippen molar-refractivity contribution in [2.75, 3.05) is 10.6 Å². The van der Waals surface area contributed by atoms with Crippen LogP contribution in [0.3, 0.4) is 0 Å². The molecule has 3 rings (SSSR count). The molecule has 1 aliphatic carbocycles. The molecule has 2 atom stereocenters. The van der Waals surface area contributed by atoms with Crippen LogP contribution in [0.2, 0.25) is 5.02 Å². The fourth-order valence-electron chi connectivity index (χ4n) is 3.14. The monoisotopic (exact) mass is 397 g/mol. The maximum Gasteiger partial charge on any atom is 0.257 e. The third kappa shape index (κ3) is 4.58. The lowest BCUT2D eigenvalue weighted by molar-refractivity contribution is -0.313. The molecule has 0 bridgehead atoms. The van der Waals surface area contributed by atoms with Gasteiger partial charge >= 0.3 is 0 Å². The number of hydrogen-bond acceptors (Lipinski definition) is 4. The minimum absolute atomic E-state index is 0.247. The van der Waals surface area contributed by atoms with Crippen LogP contribution in [0.1, 0.15) is 23.2 Å². The van der Waals surface area contributed by atoms with Crippen LogP contribution in [0.5, 0.6) is 0 Å². The second-order valence-corrected chi connectivity index (χ2v) is 6.91. The maximum atomic E-state index is 12.7. The van der Waals surface area contributed by atoms with E-state index >= 15 is 0 Å². The van der Waals surface area contributed by atoms with Crippen molar-refractivity contribution in [1.82, 2.24) is 0 Å². The molecule has 2 amide bonds. The van der Waals surface area contributed by atoms with Crippen LogP contribution in [0.4, 0.5) is 11.4 Å². The van der Waals surface area contributed by atoms with Gasteiger partial charge in [-0.1, -0.05) is 42.0 Å². The average molecular weight is 398 g/mol. The Morgan fingerprint density at radius 1 is 0.929 bits per heavy atom. The third-order valence-electron chi connectivity index (χ3n) is 4.58. The fraction of sp³-hybridized carbons (Fsp3) is 0.190. The smallest absolute Gasteiger partial charge is 0.257 e. The molecule has 2 aromatic carbocycles. The van der Waals surface area contributed by atoms with E-state index in [0.29, 0.717) is 22.8 Å². The highest BCUT2D eigenvalue weighted by molar-refractivity contribution is 6.31. The molecular weight excluding hydrogens is 380 g/mol. The Morgan fingerprint density at radius 2 is 1.64 bits per heavy atom. The van der Waals surface area contributed by atoms with Crippen molar-refractivity contribution in [2.24, 2.45) is 11.8 Å². The summed E-state index contributed by atoms with van der Waals surface area (Å²) in [5.41, 5.74) is 1.08. The molecule has 2 N–H and O–H groups in total. The van der Waals surface area contributed by atoms with Gasteiger partial charge < -0.3 is 20.5 Å². The van der Waals surface area contributed by atoms with E-state index in [2.05, 4.69) is 10.6 Å². The second-order valence-electron chi connectivity index (χ2n) is 6.47. The van der Waals surface area contributed by atoms with Crippen LogP contribution in [-0.2, 0) is 9.59 Å². The number of aliphatic carboxylic acids is 1. The summed E-state index contributed by atoms with van der Waals surface area (Å²) in [6.07, 6.45) is 4.07. The van der Waals surface area contributed by atoms with Gasteiger partial charge in [-0.15, -0.1) is 0 Å². The summed E-state index contributed by atoms with van der Waals surface area (Å²) in [4.78, 5) is 36.7. The van der Waals surface area contributed by atoms with Crippen LogP contribution in [0, 0.1) is 11.8 Å². The molecule has 2 aromatic rings. The minimum Gasteiger partial charge on any atom is -0.550 e. The van der Waals surface area contributed by atoms with Gasteiger partial charge in [0.15, 0.2) is 0 Å². The van der Waals surface area contributed by atoms with E-state index in [1.165, 1.54) is 0 Å². The van der Waals surface area contributed by atoms with Crippen molar-refractivity contribution in [3.8, 4) is 0 Å². The summed E-state index contributed by atoms with van der Waals surface area (Å²) in [5, 5.41) is 17.2. The number of amides is 2. The number of nitrogens with one attached hydrogen (secondary N) is 2. The quantitative estimate of drug-likeness (QED) is 0.758. The van der Waals surface area contributed by atoms with Crippen molar-refractivity contribution in [1.29, 1.82) is 0 Å². The first kappa shape index (κ1) is 19.6. The highest BCUT2D eigenvalue weighted by Crippen LogP contribution is 2.27. The van der Waals surface area contributed by atoms with E-state index in [4.69, 9.17) is 11.6 Å². The number of rotatable bonds is 5. The van der Waals surface area contributed by atoms with Crippen LogP contribution >= 0.6 is 11.6 Å². The van der Waals surface area contributed by atoms with E-state index in [-0.39, 0.29) is 12.0 Å². The lowest BCUT2D eigenvalue weighted by Crippen LogP contribution is -2.41. The summed E-state index contributed by atoms with van der Waals surface area (Å²) < 4.78 is 0. The maximum absolute atomic E-state index is 12.7. The number of hydrogen-bond donors (Lipinski definition) is 2. The number of para-hydroxylation sites is 1. The Hall–Kier alpha value is -3.12. The summed E-state index contributed by atoms with van der Waals surface area (Å²) in [5.74, 6) is -3.77. The molecule has 0 saturated carbocycles. The van der Waals surface area contributed by atoms with E-state index in [9.17, 15) is 19.5 Å². The summed E-state index contributed by atoms with van der Waals surface area (Å²) in [6, 6.07) is 13.2. The Kier molecular flexibility index (Phi) is 6.11. The van der Waals surface area contributed by atoms with Gasteiger partial charge in [0.1, 0.15) is 0 Å². The molecule has 0 fully saturated rings. The van der Waals surface area contributed by atoms with Crippen LogP contribution in [-0.4, -0.2) is 17.8 Å². The molecule has 0 unspecified atom stereocenters. The molecule has 0 aliphatic heterocycles. The predicted molar refractivity (Wildman–Crippen MR) is 105 cm³/mol. The molecule has 0 saturated heterocycles. The number of carboxylic acid groups (broad SMARTS) is 1. The van der Waals surface area contributed by atoms with Crippen molar-refractivity contribution in [3.63, 3.8) is 0 Å². The third-order valence-corrected chi connectivity index (χ3v) is 4.82. The van der Waals surface area contributed by atoms with Gasteiger partial charge in [-0.05, 0) is 43.2 Å². The molecule has 6 nitrogen and oxygen atoms in total. The van der Waals surface area contributed by atoms with Crippen LogP contribution in [0.25, 0.3) is 0 Å². The van der Waals surface area contributed by atoms with Crippen molar-refractivity contribution < 1.29 is 19.5 Å². The SMILES string of the molecule is O=C(Nc1cccc(Cl)c1)c1ccccc1NC(=O)[C@@H]1CC=CC[C@H]1C(=O)[O-]. The van der Waals surface area contributed by atoms with Gasteiger partial charge in [-0.2, -0.15) is 0 Å². The number of anilines is 2. The van der Waals surface area contributed by atoms with Gasteiger partial charge in [-0.3, -0.25) is 9.59 Å². The highest BCUT2D eigenvalue weighted by atomic mass is 35.5. The van der Waals surface area contributed by atoms with E-state index in [1.54, 1.807) is 60.7 Å². The van der Waals surface area contributed by atoms with E-state index in [1.807, 2.05) is 0 Å². The van der Waals surface area contributed by atoms with Crippen molar-refractivity contribution in [2.45, 2.75) is 12.8 Å². The first-order valence-electron chi connectivity index (χ1n) is 8.78. The molecule has 144 valence electrons. The number of carbonyl (C=O) groups excluding carboxylic acids is 3. The van der Waals surface area contributed by atoms with Gasteiger partial charge in [0.25, 0.3) is 5.91 Å². The minimum atomic E-state index is -1.25. The van der Waals surface area contributed by atoms with E-state index in [0.717, 1.165) is 0 Å². The molecule has 0 aromatic heterocycles. The number of carbonyl (C=O) groups is 3. The Bertz CT molecular complexity index is 942. The summed E-state index contributed by atoms with van der Waals surface area (Å²) >= 11 is 5.93. The Labute approximate surface area is 167 Å². The summed E-state index contributed by atoms with van der Waals surface area (Å²) in [6.45, 7) is 0. The molecule has 0 heterocycles. The zero-order chi connectivity index (χ0) is 20.1. The zero-order valence-electron chi connectivity index (χ0n) is 14.9. The molecule has 0 spiro atoms. The van der Waals surface area contributed by atoms with Gasteiger partial charge in [0.05, 0.1) is 17.2 Å². The van der Waals surface area contributed by atoms with Gasteiger partial charge in [-0.25, -0.2) is 0 Å². The topological polar surface area (TPSA) is 98.3 Å². The highest BCUT2D eigenvalue weighted by Gasteiger charge is 2.30. The summed E-state index contributed by atoms with van der Waals surface area (Å²) in [7, 11) is 0. The number of allylic oxidation sites excluding steroid dienone is 2. The normalized spacial score (nSPS) is 18.3. The number of carboxylic acids is 1. The first-order chi connectivity index (χ1) is 13.5. The van der Waals surface area contributed by atoms with Crippen molar-refractivity contribution in [3.05, 3.63) is 71.3 Å². The van der Waals surface area contributed by atoms with Gasteiger partial charge in [0, 0.05) is 22.6 Å². The van der Waals surface area contributed by atoms with Gasteiger partial charge in [0.2, 0.25) is 5.91 Å². The number of halogens is 1. The average Bonchev–Trinajstić information content (AvgIpc) is 2.68. The Balaban J connectivity index is 1.78. The molecule has 0 radical (unpaired) electrons. The number of benzene rings is 2. The second kappa shape index (κ2) is 8.71. The lowest BCUT2D eigenvalue weighted by Gasteiger charge is -2.28. The molecule has 1 aliphatic rings. The van der Waals surface area contributed by atoms with E-state index < -0.39 is 29.6 Å². The molecular formula is C21H18ClN2O4-. The first-order valence-corrected chi connectivity index (χ1v) is 9.16. The predicted octanol–water partition coefficient (Wildman–Crippen LogP) is 2.86. The van der Waals surface area contributed by atoms with Crippen molar-refractivity contribution >= 4 is 40.8 Å². The lowest BCUT2D eigenvalue weighted by atomic mass is 9.82. The molecule has 28 heavy (non-hydrogen) atoms.